The molecule has 108 valence electrons. The Bertz CT molecular complexity index is 595. The number of hydrogen-bond acceptors (Lipinski definition) is 5. The van der Waals surface area contributed by atoms with Crippen molar-refractivity contribution in [3.8, 4) is 5.75 Å². The molecule has 0 spiro atoms. The highest BCUT2D eigenvalue weighted by Crippen LogP contribution is 2.29. The average molecular weight is 294 g/mol. The van der Waals surface area contributed by atoms with Crippen LogP contribution in [-0.2, 0) is 4.79 Å². The minimum absolute atomic E-state index is 0.130. The normalized spacial score (nSPS) is 12.3. The predicted molar refractivity (Wildman–Crippen MR) is 80.3 cm³/mol. The second-order valence-electron chi connectivity index (χ2n) is 4.52. The van der Waals surface area contributed by atoms with Crippen molar-refractivity contribution >= 4 is 32.6 Å². The van der Waals surface area contributed by atoms with Crippen LogP contribution in [0.3, 0.4) is 0 Å². The molecule has 6 heteroatoms. The topological polar surface area (TPSA) is 71.5 Å². The van der Waals surface area contributed by atoms with Crippen molar-refractivity contribution in [1.82, 2.24) is 4.98 Å². The Morgan fingerprint density at radius 2 is 2.35 bits per heavy atom. The lowest BCUT2D eigenvalue weighted by Gasteiger charge is -2.03. The van der Waals surface area contributed by atoms with Crippen molar-refractivity contribution in [3.63, 3.8) is 0 Å². The van der Waals surface area contributed by atoms with Gasteiger partial charge in [-0.15, -0.1) is 0 Å². The molecule has 1 amide bonds. The molecule has 0 saturated heterocycles. The third-order valence-corrected chi connectivity index (χ3v) is 3.64. The molecular formula is C14H18N2O3S. The fourth-order valence-corrected chi connectivity index (χ4v) is 2.65. The lowest BCUT2D eigenvalue weighted by molar-refractivity contribution is -0.116. The molecule has 1 heterocycles. The SMILES string of the molecule is CCOc1ccc2nc(NC(=O)CCC(C)O)sc2c1. The van der Waals surface area contributed by atoms with Gasteiger partial charge < -0.3 is 15.2 Å². The molecule has 2 rings (SSSR count). The first-order valence-electron chi connectivity index (χ1n) is 6.59. The van der Waals surface area contributed by atoms with Crippen molar-refractivity contribution in [1.29, 1.82) is 0 Å². The Kier molecular flexibility index (Phi) is 4.92. The Balaban J connectivity index is 2.05. The number of nitrogens with zero attached hydrogens (tertiary/aromatic N) is 1. The summed E-state index contributed by atoms with van der Waals surface area (Å²) < 4.78 is 6.41. The number of hydrogen-bond donors (Lipinski definition) is 2. The molecule has 1 aromatic heterocycles. The highest BCUT2D eigenvalue weighted by molar-refractivity contribution is 7.22. The van der Waals surface area contributed by atoms with Gasteiger partial charge in [-0.25, -0.2) is 4.98 Å². The summed E-state index contributed by atoms with van der Waals surface area (Å²) in [6.07, 6.45) is 0.271. The van der Waals surface area contributed by atoms with E-state index in [9.17, 15) is 4.79 Å². The van der Waals surface area contributed by atoms with Crippen LogP contribution in [-0.4, -0.2) is 28.7 Å². The van der Waals surface area contributed by atoms with E-state index >= 15 is 0 Å². The monoisotopic (exact) mass is 294 g/mol. The molecule has 5 nitrogen and oxygen atoms in total. The van der Waals surface area contributed by atoms with Crippen LogP contribution in [0.1, 0.15) is 26.7 Å². The van der Waals surface area contributed by atoms with Gasteiger partial charge in [0.05, 0.1) is 22.9 Å². The van der Waals surface area contributed by atoms with E-state index in [0.29, 0.717) is 18.2 Å². The second-order valence-corrected chi connectivity index (χ2v) is 5.55. The number of nitrogens with one attached hydrogen (secondary N) is 1. The third kappa shape index (κ3) is 3.91. The van der Waals surface area contributed by atoms with Crippen LogP contribution in [0.15, 0.2) is 18.2 Å². The summed E-state index contributed by atoms with van der Waals surface area (Å²) in [5.41, 5.74) is 0.837. The number of aromatic nitrogens is 1. The van der Waals surface area contributed by atoms with Gasteiger partial charge in [0.25, 0.3) is 0 Å². The summed E-state index contributed by atoms with van der Waals surface area (Å²) in [6, 6.07) is 5.66. The molecule has 2 N–H and O–H groups in total. The van der Waals surface area contributed by atoms with Crippen LogP contribution in [0.2, 0.25) is 0 Å². The van der Waals surface area contributed by atoms with Gasteiger partial charge in [0.2, 0.25) is 5.91 Å². The van der Waals surface area contributed by atoms with E-state index in [4.69, 9.17) is 9.84 Å². The maximum absolute atomic E-state index is 11.7. The lowest BCUT2D eigenvalue weighted by Crippen LogP contribution is -2.13. The molecule has 2 aromatic rings. The molecule has 0 aliphatic rings. The van der Waals surface area contributed by atoms with Crippen LogP contribution in [0.4, 0.5) is 5.13 Å². The number of anilines is 1. The molecular weight excluding hydrogens is 276 g/mol. The third-order valence-electron chi connectivity index (χ3n) is 2.71. The summed E-state index contributed by atoms with van der Waals surface area (Å²) in [5, 5.41) is 12.5. The molecule has 1 unspecified atom stereocenters. The number of thiazole rings is 1. The fourth-order valence-electron chi connectivity index (χ4n) is 1.74. The Morgan fingerprint density at radius 3 is 3.05 bits per heavy atom. The number of amides is 1. The summed E-state index contributed by atoms with van der Waals surface area (Å²) >= 11 is 1.41. The van der Waals surface area contributed by atoms with E-state index in [1.165, 1.54) is 11.3 Å². The van der Waals surface area contributed by atoms with Gasteiger partial charge in [-0.3, -0.25) is 4.79 Å². The summed E-state index contributed by atoms with van der Waals surface area (Å²) in [4.78, 5) is 16.0. The van der Waals surface area contributed by atoms with Crippen LogP contribution < -0.4 is 10.1 Å². The molecule has 0 bridgehead atoms. The molecule has 20 heavy (non-hydrogen) atoms. The summed E-state index contributed by atoms with van der Waals surface area (Å²) in [5.74, 6) is 0.672. The van der Waals surface area contributed by atoms with Gasteiger partial charge in [-0.1, -0.05) is 11.3 Å². The number of fused-ring (bicyclic) bond motifs is 1. The van der Waals surface area contributed by atoms with Gasteiger partial charge >= 0.3 is 0 Å². The van der Waals surface area contributed by atoms with Crippen LogP contribution >= 0.6 is 11.3 Å². The molecule has 0 aliphatic heterocycles. The minimum atomic E-state index is -0.468. The van der Waals surface area contributed by atoms with E-state index in [2.05, 4.69) is 10.3 Å². The standard InChI is InChI=1S/C14H18N2O3S/c1-3-19-10-5-6-11-12(8-10)20-14(15-11)16-13(18)7-4-9(2)17/h5-6,8-9,17H,3-4,7H2,1-2H3,(H,15,16,18). The molecule has 1 atom stereocenters. The first-order chi connectivity index (χ1) is 9.58. The maximum Gasteiger partial charge on any atom is 0.226 e. The average Bonchev–Trinajstić information content (AvgIpc) is 2.78. The molecule has 0 aliphatic carbocycles. The maximum atomic E-state index is 11.7. The predicted octanol–water partition coefficient (Wildman–Crippen LogP) is 2.79. The van der Waals surface area contributed by atoms with Crippen LogP contribution in [0.25, 0.3) is 10.2 Å². The van der Waals surface area contributed by atoms with Crippen molar-refractivity contribution in [2.24, 2.45) is 0 Å². The quantitative estimate of drug-likeness (QED) is 0.859. The second kappa shape index (κ2) is 6.67. The Morgan fingerprint density at radius 1 is 1.55 bits per heavy atom. The van der Waals surface area contributed by atoms with Gasteiger partial charge in [0.1, 0.15) is 5.75 Å². The zero-order chi connectivity index (χ0) is 14.5. The van der Waals surface area contributed by atoms with E-state index < -0.39 is 6.10 Å². The molecule has 0 saturated carbocycles. The highest BCUT2D eigenvalue weighted by Gasteiger charge is 2.09. The highest BCUT2D eigenvalue weighted by atomic mass is 32.1. The summed E-state index contributed by atoms with van der Waals surface area (Å²) in [6.45, 7) is 4.22. The number of aliphatic hydroxyl groups is 1. The number of aliphatic hydroxyl groups excluding tert-OH is 1. The van der Waals surface area contributed by atoms with Gasteiger partial charge in [0.15, 0.2) is 5.13 Å². The lowest BCUT2D eigenvalue weighted by atomic mass is 10.2. The van der Waals surface area contributed by atoms with Crippen molar-refractivity contribution in [2.75, 3.05) is 11.9 Å². The first kappa shape index (κ1) is 14.7. The zero-order valence-corrected chi connectivity index (χ0v) is 12.4. The van der Waals surface area contributed by atoms with E-state index in [1.54, 1.807) is 6.92 Å². The number of benzene rings is 1. The molecule has 0 radical (unpaired) electrons. The van der Waals surface area contributed by atoms with Crippen LogP contribution in [0, 0.1) is 0 Å². The van der Waals surface area contributed by atoms with Gasteiger partial charge in [-0.05, 0) is 38.5 Å². The van der Waals surface area contributed by atoms with E-state index in [0.717, 1.165) is 16.0 Å². The van der Waals surface area contributed by atoms with Crippen LogP contribution in [0.5, 0.6) is 5.75 Å². The minimum Gasteiger partial charge on any atom is -0.494 e. The Hall–Kier alpha value is -1.66. The van der Waals surface area contributed by atoms with E-state index in [1.807, 2.05) is 25.1 Å². The van der Waals surface area contributed by atoms with Gasteiger partial charge in [0, 0.05) is 6.42 Å². The molecule has 1 aromatic carbocycles. The largest absolute Gasteiger partial charge is 0.494 e. The molecule has 0 fully saturated rings. The van der Waals surface area contributed by atoms with E-state index in [-0.39, 0.29) is 12.3 Å². The number of ether oxygens (including phenoxy) is 1. The number of rotatable bonds is 6. The smallest absolute Gasteiger partial charge is 0.226 e. The number of carbonyl (C=O) groups excluding carboxylic acids is 1. The fraction of sp³-hybridized carbons (Fsp3) is 0.429. The number of carbonyl (C=O) groups is 1. The van der Waals surface area contributed by atoms with Crippen molar-refractivity contribution < 1.29 is 14.6 Å². The van der Waals surface area contributed by atoms with Crippen molar-refractivity contribution in [2.45, 2.75) is 32.8 Å². The van der Waals surface area contributed by atoms with Crippen molar-refractivity contribution in [3.05, 3.63) is 18.2 Å². The van der Waals surface area contributed by atoms with Gasteiger partial charge in [-0.2, -0.15) is 0 Å². The zero-order valence-electron chi connectivity index (χ0n) is 11.5. The Labute approximate surface area is 121 Å². The summed E-state index contributed by atoms with van der Waals surface area (Å²) in [7, 11) is 0. The first-order valence-corrected chi connectivity index (χ1v) is 7.41.